The summed E-state index contributed by atoms with van der Waals surface area (Å²) in [7, 11) is -2.38. The molecule has 3 amide bonds. The number of para-hydroxylation sites is 1. The van der Waals surface area contributed by atoms with Crippen LogP contribution in [-0.2, 0) is 20.4 Å². The molecule has 1 unspecified atom stereocenters. The first-order valence-corrected chi connectivity index (χ1v) is 17.5. The summed E-state index contributed by atoms with van der Waals surface area (Å²) in [5, 5.41) is 12.5. The van der Waals surface area contributed by atoms with E-state index in [1.54, 1.807) is 36.1 Å². The summed E-state index contributed by atoms with van der Waals surface area (Å²) in [6.07, 6.45) is 2.16. The molecule has 246 valence electrons. The maximum atomic E-state index is 14.9. The minimum absolute atomic E-state index is 0.0578. The molecule has 0 radical (unpaired) electrons. The number of amides is 3. The number of hydrogen-bond donors (Lipinski definition) is 1. The molecule has 13 heteroatoms. The lowest BCUT2D eigenvalue weighted by molar-refractivity contribution is -0.121. The summed E-state index contributed by atoms with van der Waals surface area (Å²) in [4.78, 5) is 35.4. The Labute approximate surface area is 280 Å². The van der Waals surface area contributed by atoms with Gasteiger partial charge < -0.3 is 19.9 Å². The number of likely N-dealkylation sites (tertiary alicyclic amines) is 1. The molecule has 2 fully saturated rings. The van der Waals surface area contributed by atoms with Gasteiger partial charge in [-0.05, 0) is 88.4 Å². The Bertz CT molecular complexity index is 1820. The summed E-state index contributed by atoms with van der Waals surface area (Å²) in [6, 6.07) is 18.5. The molecule has 3 aliphatic rings. The number of hydrogen-bond acceptors (Lipinski definition) is 8. The molecule has 0 aliphatic carbocycles. The number of nitriles is 1. The van der Waals surface area contributed by atoms with E-state index in [1.165, 1.54) is 42.5 Å². The van der Waals surface area contributed by atoms with Gasteiger partial charge in [-0.25, -0.2) is 13.2 Å². The number of sulfonamides is 1. The molecule has 0 saturated carbocycles. The third-order valence-corrected chi connectivity index (χ3v) is 11.2. The lowest BCUT2D eigenvalue weighted by Crippen LogP contribution is -2.61. The first-order chi connectivity index (χ1) is 22.6. The molecule has 1 N–H and O–H groups in total. The van der Waals surface area contributed by atoms with Gasteiger partial charge in [0.1, 0.15) is 5.75 Å². The van der Waals surface area contributed by atoms with E-state index in [9.17, 15) is 23.3 Å². The van der Waals surface area contributed by atoms with Crippen LogP contribution < -0.4 is 14.4 Å². The van der Waals surface area contributed by atoms with E-state index >= 15 is 0 Å². The fourth-order valence-corrected chi connectivity index (χ4v) is 8.44. The summed E-state index contributed by atoms with van der Waals surface area (Å²) < 4.78 is 35.2. The van der Waals surface area contributed by atoms with Gasteiger partial charge in [-0.2, -0.15) is 9.57 Å². The predicted molar refractivity (Wildman–Crippen MR) is 178 cm³/mol. The van der Waals surface area contributed by atoms with Gasteiger partial charge in [-0.1, -0.05) is 29.8 Å². The van der Waals surface area contributed by atoms with Crippen molar-refractivity contribution in [2.45, 2.75) is 36.2 Å². The van der Waals surface area contributed by atoms with Gasteiger partial charge in [0.2, 0.25) is 0 Å². The van der Waals surface area contributed by atoms with Crippen LogP contribution >= 0.6 is 11.6 Å². The minimum Gasteiger partial charge on any atom is -0.493 e. The van der Waals surface area contributed by atoms with Crippen molar-refractivity contribution in [2.75, 3.05) is 57.2 Å². The van der Waals surface area contributed by atoms with Crippen molar-refractivity contribution in [2.24, 2.45) is 0 Å². The maximum Gasteiger partial charge on any atom is 0.318 e. The summed E-state index contributed by atoms with van der Waals surface area (Å²) >= 11 is 6.51. The van der Waals surface area contributed by atoms with Crippen LogP contribution in [0.4, 0.5) is 10.5 Å². The lowest BCUT2D eigenvalue weighted by atomic mass is 9.83. The van der Waals surface area contributed by atoms with Gasteiger partial charge in [0, 0.05) is 48.4 Å². The molecule has 2 saturated heterocycles. The molecular weight excluding hydrogens is 640 g/mol. The number of carbonyl (C=O) groups is 2. The highest BCUT2D eigenvalue weighted by atomic mass is 35.5. The Kier molecular flexibility index (Phi) is 9.18. The molecule has 6 rings (SSSR count). The average molecular weight is 677 g/mol. The Balaban J connectivity index is 1.41. The number of carbonyl (C=O) groups excluding carboxylic acids is 2. The number of piperazine rings is 1. The minimum atomic E-state index is -4.51. The molecule has 3 aliphatic heterocycles. The zero-order chi connectivity index (χ0) is 33.3. The number of piperidine rings is 1. The maximum absolute atomic E-state index is 14.9. The van der Waals surface area contributed by atoms with Crippen molar-refractivity contribution >= 4 is 39.2 Å². The highest BCUT2D eigenvalue weighted by molar-refractivity contribution is 7.93. The third kappa shape index (κ3) is 5.93. The van der Waals surface area contributed by atoms with Crippen molar-refractivity contribution < 1.29 is 22.7 Å². The van der Waals surface area contributed by atoms with E-state index in [2.05, 4.69) is 22.2 Å². The first-order valence-electron chi connectivity index (χ1n) is 15.7. The van der Waals surface area contributed by atoms with Crippen LogP contribution in [0.1, 0.15) is 36.5 Å². The lowest BCUT2D eigenvalue weighted by Gasteiger charge is -2.43. The molecule has 1 atom stereocenters. The largest absolute Gasteiger partial charge is 0.493 e. The van der Waals surface area contributed by atoms with Crippen LogP contribution in [0, 0.1) is 11.3 Å². The van der Waals surface area contributed by atoms with Crippen LogP contribution in [0.5, 0.6) is 5.75 Å². The fourth-order valence-electron chi connectivity index (χ4n) is 6.80. The molecule has 0 aromatic heterocycles. The zero-order valence-corrected chi connectivity index (χ0v) is 27.9. The summed E-state index contributed by atoms with van der Waals surface area (Å²) in [5.74, 6) is -0.580. The monoisotopic (exact) mass is 676 g/mol. The van der Waals surface area contributed by atoms with E-state index in [1.807, 2.05) is 6.07 Å². The van der Waals surface area contributed by atoms with E-state index in [4.69, 9.17) is 16.3 Å². The van der Waals surface area contributed by atoms with Crippen molar-refractivity contribution in [1.82, 2.24) is 20.0 Å². The second-order valence-electron chi connectivity index (χ2n) is 12.0. The molecule has 11 nitrogen and oxygen atoms in total. The Hall–Kier alpha value is -4.15. The Morgan fingerprint density at radius 3 is 2.34 bits per heavy atom. The first kappa shape index (κ1) is 32.8. The van der Waals surface area contributed by atoms with Gasteiger partial charge in [-0.15, -0.1) is 0 Å². The van der Waals surface area contributed by atoms with Crippen molar-refractivity contribution in [3.63, 3.8) is 0 Å². The molecule has 0 bridgehead atoms. The van der Waals surface area contributed by atoms with Crippen molar-refractivity contribution in [3.8, 4) is 11.8 Å². The number of urea groups is 1. The number of rotatable bonds is 7. The average Bonchev–Trinajstić information content (AvgIpc) is 3.33. The predicted octanol–water partition coefficient (Wildman–Crippen LogP) is 4.01. The van der Waals surface area contributed by atoms with E-state index in [0.717, 1.165) is 30.2 Å². The second kappa shape index (κ2) is 13.2. The zero-order valence-electron chi connectivity index (χ0n) is 26.4. The number of fused-ring (bicyclic) bond motifs is 1. The molecule has 3 aromatic carbocycles. The third-order valence-electron chi connectivity index (χ3n) is 9.30. The Morgan fingerprint density at radius 2 is 1.68 bits per heavy atom. The fraction of sp³-hybridized carbons (Fsp3) is 0.382. The number of nitrogens with zero attached hydrogens (tertiary/aromatic N) is 5. The SMILES string of the molecule is CCOc1ccccc1C1(NC(=O)N2CCN(C3CCN(C)CC3)CC2)C(=O)N(S(=O)(=O)c2ccc(C#N)cc2)c2ccc(Cl)cc21. The summed E-state index contributed by atoms with van der Waals surface area (Å²) in [6.45, 7) is 6.44. The number of benzene rings is 3. The van der Waals surface area contributed by atoms with Gasteiger partial charge in [0.25, 0.3) is 15.9 Å². The van der Waals surface area contributed by atoms with E-state index in [0.29, 0.717) is 38.0 Å². The molecule has 3 heterocycles. The van der Waals surface area contributed by atoms with Crippen molar-refractivity contribution in [3.05, 3.63) is 88.4 Å². The topological polar surface area (TPSA) is 126 Å². The molecule has 47 heavy (non-hydrogen) atoms. The van der Waals surface area contributed by atoms with Crippen LogP contribution in [0.25, 0.3) is 0 Å². The second-order valence-corrected chi connectivity index (χ2v) is 14.3. The number of nitrogens with one attached hydrogen (secondary N) is 1. The highest BCUT2D eigenvalue weighted by Crippen LogP contribution is 2.50. The van der Waals surface area contributed by atoms with Gasteiger partial charge in [-0.3, -0.25) is 9.69 Å². The van der Waals surface area contributed by atoms with Gasteiger partial charge in [0.05, 0.1) is 28.8 Å². The number of halogens is 1. The molecular formula is C34H37ClN6O5S. The van der Waals surface area contributed by atoms with Crippen LogP contribution in [0.15, 0.2) is 71.6 Å². The quantitative estimate of drug-likeness (QED) is 0.398. The standard InChI is InChI=1S/C34H37ClN6O5S/c1-3-46-31-7-5-4-6-28(31)34(37-33(43)40-20-18-39(19-21-40)26-14-16-38(2)17-15-26)29-22-25(35)10-13-30(29)41(32(34)42)47(44,45)27-11-8-24(23-36)9-12-27/h4-13,22,26H,3,14-21H2,1-2H3,(H,37,43). The number of ether oxygens (including phenoxy) is 1. The molecule has 3 aromatic rings. The number of anilines is 1. The van der Waals surface area contributed by atoms with Gasteiger partial charge in [0.15, 0.2) is 5.54 Å². The van der Waals surface area contributed by atoms with E-state index < -0.39 is 27.5 Å². The smallest absolute Gasteiger partial charge is 0.318 e. The Morgan fingerprint density at radius 1 is 1.00 bits per heavy atom. The van der Waals surface area contributed by atoms with Crippen LogP contribution in [0.3, 0.4) is 0 Å². The van der Waals surface area contributed by atoms with Crippen LogP contribution in [-0.4, -0.2) is 94.0 Å². The highest BCUT2D eigenvalue weighted by Gasteiger charge is 2.58. The van der Waals surface area contributed by atoms with Crippen molar-refractivity contribution in [1.29, 1.82) is 5.26 Å². The normalized spacial score (nSPS) is 20.9. The van der Waals surface area contributed by atoms with Crippen LogP contribution in [0.2, 0.25) is 5.02 Å². The van der Waals surface area contributed by atoms with Gasteiger partial charge >= 0.3 is 6.03 Å². The van der Waals surface area contributed by atoms with E-state index in [-0.39, 0.29) is 38.9 Å². The summed E-state index contributed by atoms with van der Waals surface area (Å²) in [5.41, 5.74) is -1.17. The molecule has 0 spiro atoms.